The van der Waals surface area contributed by atoms with Gasteiger partial charge in [0.05, 0.1) is 16.1 Å². The van der Waals surface area contributed by atoms with Crippen molar-refractivity contribution in [3.8, 4) is 0 Å². The van der Waals surface area contributed by atoms with Crippen LogP contribution in [0, 0.1) is 6.92 Å². The highest BCUT2D eigenvalue weighted by Gasteiger charge is 2.36. The maximum absolute atomic E-state index is 12.4. The van der Waals surface area contributed by atoms with Crippen LogP contribution in [0.15, 0.2) is 6.20 Å². The molecular formula is C8H5ClF5N. The smallest absolute Gasteiger partial charge is 0.260 e. The molecule has 0 aliphatic carbocycles. The van der Waals surface area contributed by atoms with Crippen molar-refractivity contribution in [3.63, 3.8) is 0 Å². The Kier molecular flexibility index (Phi) is 3.18. The maximum Gasteiger partial charge on any atom is 0.419 e. The average Bonchev–Trinajstić information content (AvgIpc) is 2.00. The van der Waals surface area contributed by atoms with Gasteiger partial charge in [0.25, 0.3) is 6.43 Å². The third kappa shape index (κ3) is 2.37. The summed E-state index contributed by atoms with van der Waals surface area (Å²) >= 11 is 5.25. The molecule has 0 saturated heterocycles. The molecule has 15 heavy (non-hydrogen) atoms. The monoisotopic (exact) mass is 245 g/mol. The first-order valence-corrected chi connectivity index (χ1v) is 4.13. The number of hydrogen-bond acceptors (Lipinski definition) is 1. The van der Waals surface area contributed by atoms with Crippen molar-refractivity contribution in [3.05, 3.63) is 28.0 Å². The highest BCUT2D eigenvalue weighted by atomic mass is 35.5. The molecule has 0 fully saturated rings. The Labute approximate surface area is 86.9 Å². The van der Waals surface area contributed by atoms with Crippen LogP contribution in [-0.2, 0) is 6.18 Å². The van der Waals surface area contributed by atoms with Crippen LogP contribution in [0.2, 0.25) is 5.02 Å². The summed E-state index contributed by atoms with van der Waals surface area (Å²) in [6.45, 7) is 1.17. The maximum atomic E-state index is 12.4. The Bertz CT molecular complexity index is 374. The summed E-state index contributed by atoms with van der Waals surface area (Å²) in [7, 11) is 0. The van der Waals surface area contributed by atoms with Crippen LogP contribution < -0.4 is 0 Å². The molecule has 1 nitrogen and oxygen atoms in total. The molecule has 7 heteroatoms. The van der Waals surface area contributed by atoms with Gasteiger partial charge in [-0.2, -0.15) is 13.2 Å². The molecule has 1 heterocycles. The van der Waals surface area contributed by atoms with Crippen LogP contribution in [0.1, 0.15) is 23.2 Å². The molecule has 0 unspecified atom stereocenters. The minimum absolute atomic E-state index is 0.206. The third-order valence-electron chi connectivity index (χ3n) is 1.77. The molecule has 0 spiro atoms. The van der Waals surface area contributed by atoms with Crippen molar-refractivity contribution in [1.29, 1.82) is 0 Å². The number of hydrogen-bond donors (Lipinski definition) is 0. The van der Waals surface area contributed by atoms with Gasteiger partial charge >= 0.3 is 6.18 Å². The Balaban J connectivity index is 3.42. The van der Waals surface area contributed by atoms with Crippen LogP contribution in [0.25, 0.3) is 0 Å². The second kappa shape index (κ2) is 3.92. The lowest BCUT2D eigenvalue weighted by molar-refractivity contribution is -0.137. The number of aromatic nitrogens is 1. The summed E-state index contributed by atoms with van der Waals surface area (Å²) in [6.07, 6.45) is -7.40. The number of aryl methyl sites for hydroxylation is 1. The summed E-state index contributed by atoms with van der Waals surface area (Å²) in [5.41, 5.74) is -2.42. The molecule has 0 radical (unpaired) electrons. The zero-order valence-electron chi connectivity index (χ0n) is 7.37. The number of halogens is 6. The van der Waals surface area contributed by atoms with E-state index >= 15 is 0 Å². The molecule has 0 aromatic carbocycles. The van der Waals surface area contributed by atoms with E-state index in [1.165, 1.54) is 6.92 Å². The Hall–Kier alpha value is -0.910. The minimum Gasteiger partial charge on any atom is -0.260 e. The second-order valence-corrected chi connectivity index (χ2v) is 3.16. The number of rotatable bonds is 1. The van der Waals surface area contributed by atoms with E-state index in [0.29, 0.717) is 6.20 Å². The topological polar surface area (TPSA) is 12.9 Å². The molecule has 0 atom stereocenters. The van der Waals surface area contributed by atoms with Crippen LogP contribution >= 0.6 is 11.6 Å². The van der Waals surface area contributed by atoms with Gasteiger partial charge < -0.3 is 0 Å². The zero-order valence-corrected chi connectivity index (χ0v) is 8.13. The summed E-state index contributed by atoms with van der Waals surface area (Å²) in [5, 5.41) is -0.981. The van der Waals surface area contributed by atoms with E-state index in [0.717, 1.165) is 0 Å². The Morgan fingerprint density at radius 2 is 1.87 bits per heavy atom. The molecule has 0 bridgehead atoms. The molecule has 1 aromatic rings. The fourth-order valence-corrected chi connectivity index (χ4v) is 1.42. The Morgan fingerprint density at radius 3 is 2.27 bits per heavy atom. The number of nitrogens with zero attached hydrogens (tertiary/aromatic N) is 1. The van der Waals surface area contributed by atoms with Gasteiger partial charge in [0.2, 0.25) is 0 Å². The summed E-state index contributed by atoms with van der Waals surface area (Å²) in [5.74, 6) is 0. The fourth-order valence-electron chi connectivity index (χ4n) is 1.04. The van der Waals surface area contributed by atoms with Gasteiger partial charge in [0.1, 0.15) is 0 Å². The molecule has 0 aliphatic heterocycles. The van der Waals surface area contributed by atoms with Crippen molar-refractivity contribution < 1.29 is 22.0 Å². The largest absolute Gasteiger partial charge is 0.419 e. The van der Waals surface area contributed by atoms with Crippen molar-refractivity contribution in [2.24, 2.45) is 0 Å². The van der Waals surface area contributed by atoms with Gasteiger partial charge in [-0.15, -0.1) is 0 Å². The van der Waals surface area contributed by atoms with Crippen molar-refractivity contribution >= 4 is 11.6 Å². The van der Waals surface area contributed by atoms with Crippen LogP contribution in [0.5, 0.6) is 0 Å². The van der Waals surface area contributed by atoms with Gasteiger partial charge in [-0.25, -0.2) is 8.78 Å². The lowest BCUT2D eigenvalue weighted by atomic mass is 10.1. The first-order valence-electron chi connectivity index (χ1n) is 3.75. The summed E-state index contributed by atoms with van der Waals surface area (Å²) < 4.78 is 61.5. The molecule has 0 saturated carbocycles. The van der Waals surface area contributed by atoms with Crippen LogP contribution in [0.3, 0.4) is 0 Å². The predicted octanol–water partition coefficient (Wildman–Crippen LogP) is 4.00. The fraction of sp³-hybridized carbons (Fsp3) is 0.375. The van der Waals surface area contributed by atoms with Gasteiger partial charge in [0, 0.05) is 11.9 Å². The first-order chi connectivity index (χ1) is 6.75. The van der Waals surface area contributed by atoms with Crippen LogP contribution in [0.4, 0.5) is 22.0 Å². The molecule has 0 N–H and O–H groups in total. The van der Waals surface area contributed by atoms with Crippen molar-refractivity contribution in [2.45, 2.75) is 19.5 Å². The van der Waals surface area contributed by atoms with E-state index in [-0.39, 0.29) is 5.69 Å². The Morgan fingerprint density at radius 1 is 1.33 bits per heavy atom. The molecule has 1 aromatic heterocycles. The SMILES string of the molecule is Cc1ncc(C(F)(F)F)c(Cl)c1C(F)F. The van der Waals surface area contributed by atoms with Gasteiger partial charge in [-0.1, -0.05) is 11.6 Å². The molecule has 0 aliphatic rings. The lowest BCUT2D eigenvalue weighted by Gasteiger charge is -2.13. The predicted molar refractivity (Wildman–Crippen MR) is 43.9 cm³/mol. The standard InChI is InChI=1S/C8H5ClF5N/c1-3-5(7(10)11)6(9)4(2-15-3)8(12,13)14/h2,7H,1H3. The number of pyridine rings is 1. The van der Waals surface area contributed by atoms with Gasteiger partial charge in [-0.3, -0.25) is 4.98 Å². The van der Waals surface area contributed by atoms with Crippen molar-refractivity contribution in [1.82, 2.24) is 4.98 Å². The summed E-state index contributed by atoms with van der Waals surface area (Å²) in [6, 6.07) is 0. The number of alkyl halides is 5. The molecule has 1 rings (SSSR count). The first kappa shape index (κ1) is 12.2. The lowest BCUT2D eigenvalue weighted by Crippen LogP contribution is -2.09. The molecule has 0 amide bonds. The quantitative estimate of drug-likeness (QED) is 0.682. The van der Waals surface area contributed by atoms with Gasteiger partial charge in [-0.05, 0) is 6.92 Å². The zero-order chi connectivity index (χ0) is 11.8. The second-order valence-electron chi connectivity index (χ2n) is 2.78. The van der Waals surface area contributed by atoms with E-state index in [9.17, 15) is 22.0 Å². The van der Waals surface area contributed by atoms with E-state index in [2.05, 4.69) is 4.98 Å². The average molecular weight is 246 g/mol. The van der Waals surface area contributed by atoms with Crippen LogP contribution in [-0.4, -0.2) is 4.98 Å². The highest BCUT2D eigenvalue weighted by molar-refractivity contribution is 6.32. The van der Waals surface area contributed by atoms with E-state index < -0.39 is 28.8 Å². The minimum atomic E-state index is -4.78. The molecular weight excluding hydrogens is 241 g/mol. The van der Waals surface area contributed by atoms with Crippen molar-refractivity contribution in [2.75, 3.05) is 0 Å². The van der Waals surface area contributed by atoms with E-state index in [1.807, 2.05) is 0 Å². The van der Waals surface area contributed by atoms with Gasteiger partial charge in [0.15, 0.2) is 0 Å². The highest BCUT2D eigenvalue weighted by Crippen LogP contribution is 2.39. The third-order valence-corrected chi connectivity index (χ3v) is 2.18. The summed E-state index contributed by atoms with van der Waals surface area (Å²) in [4.78, 5) is 3.24. The molecule has 84 valence electrons. The van der Waals surface area contributed by atoms with E-state index in [1.54, 1.807) is 0 Å². The normalized spacial score (nSPS) is 12.3. The van der Waals surface area contributed by atoms with E-state index in [4.69, 9.17) is 11.6 Å².